The van der Waals surface area contributed by atoms with Gasteiger partial charge in [-0.25, -0.2) is 0 Å². The molecule has 18 heavy (non-hydrogen) atoms. The SMILES string of the molecule is CC(CCNC(=O)c1cc(I)ccc1O)S(C)=O. The number of amides is 1. The molecule has 0 heterocycles. The van der Waals surface area contributed by atoms with Crippen molar-refractivity contribution in [3.63, 3.8) is 0 Å². The quantitative estimate of drug-likeness (QED) is 0.766. The lowest BCUT2D eigenvalue weighted by Gasteiger charge is -2.10. The zero-order valence-corrected chi connectivity index (χ0v) is 13.2. The molecule has 100 valence electrons. The molecule has 0 radical (unpaired) electrons. The summed E-state index contributed by atoms with van der Waals surface area (Å²) in [6.45, 7) is 2.33. The van der Waals surface area contributed by atoms with Gasteiger partial charge in [-0.2, -0.15) is 0 Å². The third-order valence-electron chi connectivity index (χ3n) is 2.61. The van der Waals surface area contributed by atoms with E-state index in [1.54, 1.807) is 18.4 Å². The first-order valence-electron chi connectivity index (χ1n) is 5.50. The van der Waals surface area contributed by atoms with Crippen molar-refractivity contribution in [3.8, 4) is 5.75 Å². The van der Waals surface area contributed by atoms with Crippen LogP contribution in [0.2, 0.25) is 0 Å². The molecule has 1 amide bonds. The number of carbonyl (C=O) groups is 1. The standard InChI is InChI=1S/C12H16INO3S/c1-8(18(2)17)5-6-14-12(16)10-7-9(13)3-4-11(10)15/h3-4,7-8,15H,5-6H2,1-2H3,(H,14,16). The molecule has 2 atom stereocenters. The summed E-state index contributed by atoms with van der Waals surface area (Å²) in [6.07, 6.45) is 2.30. The minimum Gasteiger partial charge on any atom is -0.507 e. The molecule has 2 N–H and O–H groups in total. The maximum atomic E-state index is 11.8. The molecule has 1 aromatic rings. The highest BCUT2D eigenvalue weighted by atomic mass is 127. The van der Waals surface area contributed by atoms with Gasteiger partial charge in [0.1, 0.15) is 5.75 Å². The van der Waals surface area contributed by atoms with Crippen LogP contribution in [0.15, 0.2) is 18.2 Å². The van der Waals surface area contributed by atoms with Gasteiger partial charge >= 0.3 is 0 Å². The molecule has 0 aliphatic heterocycles. The fourth-order valence-electron chi connectivity index (χ4n) is 1.34. The van der Waals surface area contributed by atoms with Crippen LogP contribution in [-0.2, 0) is 10.8 Å². The summed E-state index contributed by atoms with van der Waals surface area (Å²) in [5.74, 6) is -0.333. The molecule has 1 aromatic carbocycles. The average Bonchev–Trinajstić information content (AvgIpc) is 2.31. The van der Waals surface area contributed by atoms with Crippen LogP contribution in [0.1, 0.15) is 23.7 Å². The van der Waals surface area contributed by atoms with E-state index in [0.717, 1.165) is 3.57 Å². The van der Waals surface area contributed by atoms with Crippen LogP contribution in [0, 0.1) is 3.57 Å². The smallest absolute Gasteiger partial charge is 0.255 e. The number of phenolic OH excluding ortho intramolecular Hbond substituents is 1. The Morgan fingerprint density at radius 2 is 2.22 bits per heavy atom. The molecular weight excluding hydrogens is 365 g/mol. The molecule has 0 aliphatic rings. The second-order valence-corrected chi connectivity index (χ2v) is 7.06. The van der Waals surface area contributed by atoms with Crippen LogP contribution in [-0.4, -0.2) is 33.3 Å². The van der Waals surface area contributed by atoms with Crippen LogP contribution in [0.4, 0.5) is 0 Å². The van der Waals surface area contributed by atoms with Gasteiger partial charge in [-0.3, -0.25) is 9.00 Å². The maximum absolute atomic E-state index is 11.8. The molecule has 4 nitrogen and oxygen atoms in total. The molecule has 6 heteroatoms. The molecule has 0 aromatic heterocycles. The zero-order valence-electron chi connectivity index (χ0n) is 10.3. The van der Waals surface area contributed by atoms with E-state index in [9.17, 15) is 14.1 Å². The Kier molecular flexibility index (Phi) is 6.07. The summed E-state index contributed by atoms with van der Waals surface area (Å²) in [4.78, 5) is 11.8. The van der Waals surface area contributed by atoms with Crippen LogP contribution in [0.3, 0.4) is 0 Å². The van der Waals surface area contributed by atoms with E-state index in [0.29, 0.717) is 13.0 Å². The zero-order chi connectivity index (χ0) is 13.7. The van der Waals surface area contributed by atoms with Gasteiger partial charge in [0.25, 0.3) is 5.91 Å². The lowest BCUT2D eigenvalue weighted by Crippen LogP contribution is -2.27. The predicted octanol–water partition coefficient (Wildman–Crippen LogP) is 1.88. The predicted molar refractivity (Wildman–Crippen MR) is 81.3 cm³/mol. The Labute approximate surface area is 123 Å². The number of halogens is 1. The van der Waals surface area contributed by atoms with Gasteiger partial charge in [0.2, 0.25) is 0 Å². The molecule has 0 bridgehead atoms. The Morgan fingerprint density at radius 1 is 1.56 bits per heavy atom. The summed E-state index contributed by atoms with van der Waals surface area (Å²) in [7, 11) is -0.879. The van der Waals surface area contributed by atoms with Crippen molar-refractivity contribution < 1.29 is 14.1 Å². The summed E-state index contributed by atoms with van der Waals surface area (Å²) in [5.41, 5.74) is 0.271. The number of rotatable bonds is 5. The molecular formula is C12H16INO3S. The number of phenols is 1. The monoisotopic (exact) mass is 381 g/mol. The molecule has 2 unspecified atom stereocenters. The Bertz CT molecular complexity index is 465. The van der Waals surface area contributed by atoms with Crippen molar-refractivity contribution in [2.45, 2.75) is 18.6 Å². The van der Waals surface area contributed by atoms with E-state index in [1.807, 2.05) is 6.92 Å². The fourth-order valence-corrected chi connectivity index (χ4v) is 2.28. The third kappa shape index (κ3) is 4.56. The van der Waals surface area contributed by atoms with Crippen molar-refractivity contribution in [2.24, 2.45) is 0 Å². The molecule has 0 fully saturated rings. The molecule has 0 saturated carbocycles. The van der Waals surface area contributed by atoms with Gasteiger partial charge in [-0.05, 0) is 47.2 Å². The highest BCUT2D eigenvalue weighted by Gasteiger charge is 2.12. The summed E-state index contributed by atoms with van der Waals surface area (Å²) < 4.78 is 12.0. The van der Waals surface area contributed by atoms with Gasteiger partial charge in [-0.15, -0.1) is 0 Å². The number of hydrogen-bond donors (Lipinski definition) is 2. The molecule has 0 spiro atoms. The highest BCUT2D eigenvalue weighted by molar-refractivity contribution is 14.1. The number of aromatic hydroxyl groups is 1. The molecule has 0 aliphatic carbocycles. The second kappa shape index (κ2) is 7.08. The number of hydrogen-bond acceptors (Lipinski definition) is 3. The highest BCUT2D eigenvalue weighted by Crippen LogP contribution is 2.19. The van der Waals surface area contributed by atoms with Gasteiger partial charge in [-0.1, -0.05) is 6.92 Å². The van der Waals surface area contributed by atoms with Crippen LogP contribution in [0.5, 0.6) is 5.75 Å². The van der Waals surface area contributed by atoms with Crippen molar-refractivity contribution in [1.29, 1.82) is 0 Å². The molecule has 0 saturated heterocycles. The first-order chi connectivity index (χ1) is 8.41. The Morgan fingerprint density at radius 3 is 2.83 bits per heavy atom. The fraction of sp³-hybridized carbons (Fsp3) is 0.417. The summed E-state index contributed by atoms with van der Waals surface area (Å²) in [6, 6.07) is 4.86. The van der Waals surface area contributed by atoms with E-state index in [2.05, 4.69) is 27.9 Å². The Hall–Kier alpha value is -0.630. The minimum absolute atomic E-state index is 0.0277. The number of nitrogens with one attached hydrogen (secondary N) is 1. The van der Waals surface area contributed by atoms with Gasteiger partial charge in [0, 0.05) is 32.4 Å². The first kappa shape index (κ1) is 15.4. The maximum Gasteiger partial charge on any atom is 0.255 e. The van der Waals surface area contributed by atoms with Gasteiger partial charge < -0.3 is 10.4 Å². The van der Waals surface area contributed by atoms with E-state index < -0.39 is 10.8 Å². The van der Waals surface area contributed by atoms with Crippen LogP contribution >= 0.6 is 22.6 Å². The largest absolute Gasteiger partial charge is 0.507 e. The third-order valence-corrected chi connectivity index (χ3v) is 4.65. The van der Waals surface area contributed by atoms with Crippen molar-refractivity contribution in [2.75, 3.05) is 12.8 Å². The number of benzene rings is 1. The Balaban J connectivity index is 2.55. The topological polar surface area (TPSA) is 66.4 Å². The van der Waals surface area contributed by atoms with Crippen LogP contribution < -0.4 is 5.32 Å². The van der Waals surface area contributed by atoms with E-state index in [1.165, 1.54) is 6.07 Å². The summed E-state index contributed by atoms with van der Waals surface area (Å²) >= 11 is 2.08. The normalized spacial score (nSPS) is 13.9. The van der Waals surface area contributed by atoms with E-state index in [-0.39, 0.29) is 22.5 Å². The van der Waals surface area contributed by atoms with E-state index in [4.69, 9.17) is 0 Å². The van der Waals surface area contributed by atoms with Gasteiger partial charge in [0.05, 0.1) is 5.56 Å². The molecule has 1 rings (SSSR count). The van der Waals surface area contributed by atoms with Crippen molar-refractivity contribution in [1.82, 2.24) is 5.32 Å². The second-order valence-electron chi connectivity index (χ2n) is 4.02. The van der Waals surface area contributed by atoms with Crippen molar-refractivity contribution >= 4 is 39.3 Å². The van der Waals surface area contributed by atoms with Crippen molar-refractivity contribution in [3.05, 3.63) is 27.3 Å². The number of carbonyl (C=O) groups excluding carboxylic acids is 1. The lowest BCUT2D eigenvalue weighted by atomic mass is 10.2. The van der Waals surface area contributed by atoms with Crippen LogP contribution in [0.25, 0.3) is 0 Å². The lowest BCUT2D eigenvalue weighted by molar-refractivity contribution is 0.0950. The van der Waals surface area contributed by atoms with Gasteiger partial charge in [0.15, 0.2) is 0 Å². The minimum atomic E-state index is -0.879. The average molecular weight is 381 g/mol. The summed E-state index contributed by atoms with van der Waals surface area (Å²) in [5, 5.41) is 12.4. The first-order valence-corrected chi connectivity index (χ1v) is 8.20. The van der Waals surface area contributed by atoms with E-state index >= 15 is 0 Å².